The Kier molecular flexibility index (Phi) is 7.33. The molecule has 10 heteroatoms. The number of aliphatic carboxylic acids is 1. The average molecular weight is 341 g/mol. The first-order valence-electron chi connectivity index (χ1n) is 7.43. The lowest BCUT2D eigenvalue weighted by Gasteiger charge is -2.23. The minimum atomic E-state index is -1.18. The van der Waals surface area contributed by atoms with Crippen LogP contribution in [0.4, 0.5) is 0 Å². The fourth-order valence-corrected chi connectivity index (χ4v) is 1.95. The van der Waals surface area contributed by atoms with Gasteiger partial charge in [-0.1, -0.05) is 13.8 Å². The van der Waals surface area contributed by atoms with Gasteiger partial charge < -0.3 is 31.6 Å². The number of H-pyrrole nitrogens is 1. The quantitative estimate of drug-likeness (QED) is 0.301. The van der Waals surface area contributed by atoms with E-state index in [2.05, 4.69) is 20.6 Å². The highest BCUT2D eigenvalue weighted by atomic mass is 16.4. The SMILES string of the molecule is CC(C)C(NC(=O)C(Cc1cnc[nH]1)NC(=O)C(N)CO)C(=O)O. The van der Waals surface area contributed by atoms with Crippen molar-refractivity contribution in [3.8, 4) is 0 Å². The van der Waals surface area contributed by atoms with Crippen LogP contribution in [0, 0.1) is 5.92 Å². The van der Waals surface area contributed by atoms with E-state index in [9.17, 15) is 14.4 Å². The van der Waals surface area contributed by atoms with E-state index in [0.29, 0.717) is 5.69 Å². The molecule has 0 aromatic carbocycles. The first-order valence-corrected chi connectivity index (χ1v) is 7.43. The van der Waals surface area contributed by atoms with Gasteiger partial charge in [0.05, 0.1) is 12.9 Å². The van der Waals surface area contributed by atoms with Crippen LogP contribution in [-0.2, 0) is 20.8 Å². The van der Waals surface area contributed by atoms with Crippen LogP contribution in [0.1, 0.15) is 19.5 Å². The molecule has 0 bridgehead atoms. The Morgan fingerprint density at radius 1 is 1.29 bits per heavy atom. The van der Waals surface area contributed by atoms with Crippen molar-refractivity contribution in [3.05, 3.63) is 18.2 Å². The highest BCUT2D eigenvalue weighted by molar-refractivity contribution is 5.92. The number of carboxylic acid groups (broad SMARTS) is 1. The summed E-state index contributed by atoms with van der Waals surface area (Å²) in [5.74, 6) is -2.88. The molecule has 1 aromatic heterocycles. The number of nitrogens with two attached hydrogens (primary N) is 1. The largest absolute Gasteiger partial charge is 0.480 e. The van der Waals surface area contributed by atoms with Crippen molar-refractivity contribution in [2.24, 2.45) is 11.7 Å². The number of carbonyl (C=O) groups excluding carboxylic acids is 2. The number of aliphatic hydroxyl groups is 1. The molecule has 3 unspecified atom stereocenters. The third kappa shape index (κ3) is 5.63. The number of nitrogens with one attached hydrogen (secondary N) is 3. The van der Waals surface area contributed by atoms with Gasteiger partial charge in [0.2, 0.25) is 11.8 Å². The Labute approximate surface area is 138 Å². The zero-order valence-electron chi connectivity index (χ0n) is 13.5. The number of nitrogens with zero attached hydrogens (tertiary/aromatic N) is 1. The van der Waals surface area contributed by atoms with E-state index < -0.39 is 42.5 Å². The van der Waals surface area contributed by atoms with Gasteiger partial charge in [-0.2, -0.15) is 0 Å². The van der Waals surface area contributed by atoms with Gasteiger partial charge in [0.25, 0.3) is 0 Å². The maximum Gasteiger partial charge on any atom is 0.326 e. The van der Waals surface area contributed by atoms with Gasteiger partial charge in [0, 0.05) is 18.3 Å². The van der Waals surface area contributed by atoms with E-state index in [1.165, 1.54) is 12.5 Å². The maximum absolute atomic E-state index is 12.4. The zero-order valence-corrected chi connectivity index (χ0v) is 13.5. The normalized spacial score (nSPS) is 14.7. The van der Waals surface area contributed by atoms with E-state index in [0.717, 1.165) is 0 Å². The topological polar surface area (TPSA) is 170 Å². The smallest absolute Gasteiger partial charge is 0.326 e. The lowest BCUT2D eigenvalue weighted by Crippen LogP contribution is -2.56. The Bertz CT molecular complexity index is 560. The van der Waals surface area contributed by atoms with Crippen LogP contribution in [0.25, 0.3) is 0 Å². The number of imidazole rings is 1. The van der Waals surface area contributed by atoms with Crippen molar-refractivity contribution in [2.75, 3.05) is 6.61 Å². The molecule has 1 aromatic rings. The summed E-state index contributed by atoms with van der Waals surface area (Å²) in [6, 6.07) is -3.33. The second kappa shape index (κ2) is 8.99. The standard InChI is InChI=1S/C14H23N5O5/c1-7(2)11(14(23)24)19-13(22)10(3-8-4-16-6-17-8)18-12(21)9(15)5-20/h4,6-7,9-11,20H,3,5,15H2,1-2H3,(H,16,17)(H,18,21)(H,19,22)(H,23,24). The Morgan fingerprint density at radius 2 is 1.96 bits per heavy atom. The zero-order chi connectivity index (χ0) is 18.3. The number of carbonyl (C=O) groups is 3. The minimum Gasteiger partial charge on any atom is -0.480 e. The Balaban J connectivity index is 2.88. The van der Waals surface area contributed by atoms with Gasteiger partial charge in [0.1, 0.15) is 18.1 Å². The first-order chi connectivity index (χ1) is 11.3. The fraction of sp³-hybridized carbons (Fsp3) is 0.571. The van der Waals surface area contributed by atoms with Gasteiger partial charge in [-0.15, -0.1) is 0 Å². The lowest BCUT2D eigenvalue weighted by molar-refractivity contribution is -0.143. The summed E-state index contributed by atoms with van der Waals surface area (Å²) in [6.45, 7) is 2.74. The summed E-state index contributed by atoms with van der Waals surface area (Å²) < 4.78 is 0. The van der Waals surface area contributed by atoms with Gasteiger partial charge in [0.15, 0.2) is 0 Å². The first kappa shape index (κ1) is 19.6. The third-order valence-corrected chi connectivity index (χ3v) is 3.38. The van der Waals surface area contributed by atoms with Gasteiger partial charge >= 0.3 is 5.97 Å². The molecule has 0 aliphatic heterocycles. The Hall–Kier alpha value is -2.46. The van der Waals surface area contributed by atoms with Gasteiger partial charge in [-0.05, 0) is 5.92 Å². The van der Waals surface area contributed by atoms with Crippen LogP contribution in [0.2, 0.25) is 0 Å². The van der Waals surface area contributed by atoms with E-state index in [-0.39, 0.29) is 12.3 Å². The molecule has 1 rings (SSSR count). The fourth-order valence-electron chi connectivity index (χ4n) is 1.95. The molecule has 0 saturated heterocycles. The van der Waals surface area contributed by atoms with E-state index >= 15 is 0 Å². The van der Waals surface area contributed by atoms with Crippen LogP contribution < -0.4 is 16.4 Å². The molecule has 3 atom stereocenters. The molecule has 7 N–H and O–H groups in total. The molecule has 134 valence electrons. The summed E-state index contributed by atoms with van der Waals surface area (Å²) in [4.78, 5) is 42.1. The number of hydrogen-bond acceptors (Lipinski definition) is 6. The predicted molar refractivity (Wildman–Crippen MR) is 83.7 cm³/mol. The van der Waals surface area contributed by atoms with E-state index in [1.807, 2.05) is 0 Å². The molecule has 10 nitrogen and oxygen atoms in total. The second-order valence-electron chi connectivity index (χ2n) is 5.70. The molecule has 0 saturated carbocycles. The van der Waals surface area contributed by atoms with Crippen LogP contribution in [0.3, 0.4) is 0 Å². The summed E-state index contributed by atoms with van der Waals surface area (Å²) in [6.07, 6.45) is 2.97. The molecule has 0 spiro atoms. The van der Waals surface area contributed by atoms with E-state index in [1.54, 1.807) is 13.8 Å². The highest BCUT2D eigenvalue weighted by Crippen LogP contribution is 2.05. The number of rotatable bonds is 9. The summed E-state index contributed by atoms with van der Waals surface area (Å²) >= 11 is 0. The molecule has 0 aliphatic rings. The number of aromatic nitrogens is 2. The number of aliphatic hydroxyl groups excluding tert-OH is 1. The van der Waals surface area contributed by atoms with Crippen LogP contribution in [0.5, 0.6) is 0 Å². The van der Waals surface area contributed by atoms with Gasteiger partial charge in [-0.25, -0.2) is 9.78 Å². The van der Waals surface area contributed by atoms with Crippen molar-refractivity contribution >= 4 is 17.8 Å². The van der Waals surface area contributed by atoms with E-state index in [4.69, 9.17) is 15.9 Å². The molecule has 0 radical (unpaired) electrons. The molecular weight excluding hydrogens is 318 g/mol. The average Bonchev–Trinajstić information content (AvgIpc) is 3.03. The highest BCUT2D eigenvalue weighted by Gasteiger charge is 2.29. The van der Waals surface area contributed by atoms with Crippen molar-refractivity contribution in [1.29, 1.82) is 0 Å². The molecular formula is C14H23N5O5. The van der Waals surface area contributed by atoms with Crippen LogP contribution in [-0.4, -0.2) is 62.7 Å². The van der Waals surface area contributed by atoms with Crippen LogP contribution in [0.15, 0.2) is 12.5 Å². The Morgan fingerprint density at radius 3 is 2.42 bits per heavy atom. The third-order valence-electron chi connectivity index (χ3n) is 3.38. The number of hydrogen-bond donors (Lipinski definition) is 6. The lowest BCUT2D eigenvalue weighted by atomic mass is 10.0. The summed E-state index contributed by atoms with van der Waals surface area (Å²) in [5.41, 5.74) is 6.00. The van der Waals surface area contributed by atoms with Gasteiger partial charge in [-0.3, -0.25) is 9.59 Å². The molecule has 0 aliphatic carbocycles. The molecule has 24 heavy (non-hydrogen) atoms. The second-order valence-corrected chi connectivity index (χ2v) is 5.70. The predicted octanol–water partition coefficient (Wildman–Crippen LogP) is -2.02. The summed E-state index contributed by atoms with van der Waals surface area (Å²) in [7, 11) is 0. The monoisotopic (exact) mass is 341 g/mol. The minimum absolute atomic E-state index is 0.0696. The van der Waals surface area contributed by atoms with Crippen molar-refractivity contribution in [1.82, 2.24) is 20.6 Å². The van der Waals surface area contributed by atoms with Crippen LogP contribution >= 0.6 is 0 Å². The van der Waals surface area contributed by atoms with Crippen molar-refractivity contribution in [2.45, 2.75) is 38.4 Å². The maximum atomic E-state index is 12.4. The van der Waals surface area contributed by atoms with Crippen molar-refractivity contribution < 1.29 is 24.6 Å². The molecule has 2 amide bonds. The number of aromatic amines is 1. The summed E-state index contributed by atoms with van der Waals surface area (Å²) in [5, 5.41) is 22.9. The number of amides is 2. The molecule has 1 heterocycles. The van der Waals surface area contributed by atoms with Crippen molar-refractivity contribution in [3.63, 3.8) is 0 Å². The number of carboxylic acids is 1. The molecule has 0 fully saturated rings.